The fourth-order valence-corrected chi connectivity index (χ4v) is 6.56. The van der Waals surface area contributed by atoms with Crippen LogP contribution in [0.4, 0.5) is 5.69 Å². The van der Waals surface area contributed by atoms with Crippen molar-refractivity contribution < 1.29 is 14.3 Å². The number of aromatic nitrogens is 2. The first-order valence-electron chi connectivity index (χ1n) is 14.3. The number of carbonyl (C=O) groups is 2. The molecule has 1 aliphatic rings. The number of nitrogens with one attached hydrogen (secondary N) is 1. The number of carbonyl (C=O) groups excluding carboxylic acids is 2. The molecule has 2 atom stereocenters. The fourth-order valence-electron chi connectivity index (χ4n) is 6.03. The van der Waals surface area contributed by atoms with Gasteiger partial charge in [-0.25, -0.2) is 4.98 Å². The quantitative estimate of drug-likeness (QED) is 0.235. The van der Waals surface area contributed by atoms with Gasteiger partial charge in [0.2, 0.25) is 5.91 Å². The molecule has 3 N–H and O–H groups in total. The first kappa shape index (κ1) is 29.0. The van der Waals surface area contributed by atoms with Crippen molar-refractivity contribution in [2.45, 2.75) is 57.5 Å². The van der Waals surface area contributed by atoms with Gasteiger partial charge in [-0.2, -0.15) is 0 Å². The predicted octanol–water partition coefficient (Wildman–Crippen LogP) is 5.36. The van der Waals surface area contributed by atoms with Crippen molar-refractivity contribution in [1.82, 2.24) is 14.5 Å². The molecule has 2 amide bonds. The number of methoxy groups -OCH3 is 1. The molecule has 4 aromatic rings. The average molecular weight is 574 g/mol. The lowest BCUT2D eigenvalue weighted by Gasteiger charge is -2.34. The van der Waals surface area contributed by atoms with Gasteiger partial charge in [0.1, 0.15) is 0 Å². The minimum absolute atomic E-state index is 0.120. The molecule has 0 radical (unpaired) electrons. The van der Waals surface area contributed by atoms with Crippen LogP contribution in [0.3, 0.4) is 0 Å². The van der Waals surface area contributed by atoms with Crippen LogP contribution in [0, 0.1) is 6.92 Å². The summed E-state index contributed by atoms with van der Waals surface area (Å²) in [4.78, 5) is 31.7. The van der Waals surface area contributed by atoms with Crippen molar-refractivity contribution in [3.05, 3.63) is 81.9 Å². The van der Waals surface area contributed by atoms with Crippen LogP contribution in [0.15, 0.2) is 60.1 Å². The SMILES string of the molecule is COCCCn1c(C2CCCN(C(=O)C[C@H](N)Cc3ccc(NC(=O)c4nccs4)cc3)C2)c(C)c2ccccc21. The van der Waals surface area contributed by atoms with Gasteiger partial charge in [-0.3, -0.25) is 9.59 Å². The zero-order valence-electron chi connectivity index (χ0n) is 23.8. The zero-order valence-corrected chi connectivity index (χ0v) is 24.7. The number of amides is 2. The first-order valence-corrected chi connectivity index (χ1v) is 15.2. The Morgan fingerprint density at radius 1 is 1.20 bits per heavy atom. The number of fused-ring (bicyclic) bond motifs is 1. The molecule has 41 heavy (non-hydrogen) atoms. The summed E-state index contributed by atoms with van der Waals surface area (Å²) in [5.74, 6) is 0.195. The highest BCUT2D eigenvalue weighted by Gasteiger charge is 2.29. The number of anilines is 1. The molecule has 2 aromatic heterocycles. The van der Waals surface area contributed by atoms with Crippen molar-refractivity contribution >= 4 is 39.7 Å². The maximum Gasteiger partial charge on any atom is 0.284 e. The van der Waals surface area contributed by atoms with Crippen molar-refractivity contribution in [1.29, 1.82) is 0 Å². The highest BCUT2D eigenvalue weighted by molar-refractivity contribution is 7.11. The monoisotopic (exact) mass is 573 g/mol. The number of likely N-dealkylation sites (tertiary alicyclic amines) is 1. The van der Waals surface area contributed by atoms with E-state index in [0.717, 1.165) is 51.1 Å². The molecular formula is C32H39N5O3S. The lowest BCUT2D eigenvalue weighted by molar-refractivity contribution is -0.132. The van der Waals surface area contributed by atoms with Crippen molar-refractivity contribution in [3.8, 4) is 0 Å². The highest BCUT2D eigenvalue weighted by Crippen LogP contribution is 2.36. The van der Waals surface area contributed by atoms with E-state index in [9.17, 15) is 9.59 Å². The molecule has 3 heterocycles. The van der Waals surface area contributed by atoms with Gasteiger partial charge in [0.05, 0.1) is 0 Å². The van der Waals surface area contributed by atoms with E-state index in [1.54, 1.807) is 18.7 Å². The Hall–Kier alpha value is -3.53. The number of para-hydroxylation sites is 1. The van der Waals surface area contributed by atoms with Crippen LogP contribution in [-0.2, 0) is 22.5 Å². The summed E-state index contributed by atoms with van der Waals surface area (Å²) in [5, 5.41) is 6.35. The Morgan fingerprint density at radius 3 is 2.76 bits per heavy atom. The number of nitrogens with two attached hydrogens (primary N) is 1. The number of piperidine rings is 1. The summed E-state index contributed by atoms with van der Waals surface area (Å²) in [6, 6.07) is 15.9. The van der Waals surface area contributed by atoms with Gasteiger partial charge in [0.15, 0.2) is 5.01 Å². The summed E-state index contributed by atoms with van der Waals surface area (Å²) in [6.45, 7) is 5.35. The van der Waals surface area contributed by atoms with E-state index in [0.29, 0.717) is 29.5 Å². The largest absolute Gasteiger partial charge is 0.385 e. The summed E-state index contributed by atoms with van der Waals surface area (Å²) >= 11 is 1.30. The standard InChI is InChI=1S/C32H39N5O3S/c1-22-27-8-3-4-9-28(27)37(16-6-17-40-2)30(22)24-7-5-15-36(21-24)29(38)20-25(33)19-23-10-12-26(13-11-23)35-31(39)32-34-14-18-41-32/h3-4,8-14,18,24-25H,5-7,15-17,19-21,33H2,1-2H3,(H,35,39)/t24?,25-/m1/s1. The molecule has 5 rings (SSSR count). The number of thiazole rings is 1. The van der Waals surface area contributed by atoms with E-state index in [4.69, 9.17) is 10.5 Å². The van der Waals surface area contributed by atoms with Gasteiger partial charge in [0, 0.05) is 85.6 Å². The molecule has 0 aliphatic carbocycles. The van der Waals surface area contributed by atoms with Crippen LogP contribution in [0.5, 0.6) is 0 Å². The molecule has 1 fully saturated rings. The highest BCUT2D eigenvalue weighted by atomic mass is 32.1. The van der Waals surface area contributed by atoms with Crippen molar-refractivity contribution in [3.63, 3.8) is 0 Å². The Labute approximate surface area is 245 Å². The first-order chi connectivity index (χ1) is 19.9. The molecule has 0 saturated carbocycles. The number of ether oxygens (including phenoxy) is 1. The lowest BCUT2D eigenvalue weighted by atomic mass is 9.91. The topological polar surface area (TPSA) is 102 Å². The van der Waals surface area contributed by atoms with Crippen LogP contribution >= 0.6 is 11.3 Å². The number of benzene rings is 2. The third-order valence-corrected chi connectivity index (χ3v) is 8.71. The van der Waals surface area contributed by atoms with Crippen LogP contribution in [0.2, 0.25) is 0 Å². The minimum Gasteiger partial charge on any atom is -0.385 e. The molecule has 1 unspecified atom stereocenters. The number of hydrogen-bond acceptors (Lipinski definition) is 6. The summed E-state index contributed by atoms with van der Waals surface area (Å²) < 4.78 is 7.79. The maximum absolute atomic E-state index is 13.4. The number of hydrogen-bond donors (Lipinski definition) is 2. The molecule has 9 heteroatoms. The number of aryl methyl sites for hydroxylation is 2. The van der Waals surface area contributed by atoms with Gasteiger partial charge in [-0.05, 0) is 61.9 Å². The molecule has 8 nitrogen and oxygen atoms in total. The Balaban J connectivity index is 1.20. The molecule has 1 saturated heterocycles. The molecule has 2 aromatic carbocycles. The lowest BCUT2D eigenvalue weighted by Crippen LogP contribution is -2.42. The smallest absolute Gasteiger partial charge is 0.284 e. The second-order valence-electron chi connectivity index (χ2n) is 10.9. The summed E-state index contributed by atoms with van der Waals surface area (Å²) in [6.07, 6.45) is 5.52. The molecule has 1 aliphatic heterocycles. The van der Waals surface area contributed by atoms with Crippen molar-refractivity contribution in [2.75, 3.05) is 32.1 Å². The molecular weight excluding hydrogens is 534 g/mol. The minimum atomic E-state index is -0.277. The molecule has 216 valence electrons. The van der Waals surface area contributed by atoms with Gasteiger partial charge in [-0.15, -0.1) is 11.3 Å². The van der Waals surface area contributed by atoms with E-state index >= 15 is 0 Å². The Morgan fingerprint density at radius 2 is 2.00 bits per heavy atom. The summed E-state index contributed by atoms with van der Waals surface area (Å²) in [7, 11) is 1.75. The Bertz CT molecular complexity index is 1460. The van der Waals surface area contributed by atoms with Crippen LogP contribution in [0.25, 0.3) is 10.9 Å². The van der Waals surface area contributed by atoms with Crippen molar-refractivity contribution in [2.24, 2.45) is 5.73 Å². The van der Waals surface area contributed by atoms with E-state index in [1.807, 2.05) is 29.2 Å². The van der Waals surface area contributed by atoms with Crippen LogP contribution in [-0.4, -0.2) is 59.1 Å². The second-order valence-corrected chi connectivity index (χ2v) is 11.8. The van der Waals surface area contributed by atoms with E-state index in [2.05, 4.69) is 46.1 Å². The van der Waals surface area contributed by atoms with Gasteiger partial charge in [-0.1, -0.05) is 30.3 Å². The third kappa shape index (κ3) is 6.86. The second kappa shape index (κ2) is 13.4. The number of nitrogens with zero attached hydrogens (tertiary/aromatic N) is 3. The number of rotatable bonds is 11. The maximum atomic E-state index is 13.4. The molecule has 0 bridgehead atoms. The average Bonchev–Trinajstić information content (AvgIpc) is 3.62. The van der Waals surface area contributed by atoms with Gasteiger partial charge < -0.3 is 25.3 Å². The van der Waals surface area contributed by atoms with Crippen LogP contribution in [0.1, 0.15) is 58.2 Å². The predicted molar refractivity (Wildman–Crippen MR) is 165 cm³/mol. The normalized spacial score (nSPS) is 16.2. The van der Waals surface area contributed by atoms with Gasteiger partial charge >= 0.3 is 0 Å². The van der Waals surface area contributed by atoms with Crippen LogP contribution < -0.4 is 11.1 Å². The van der Waals surface area contributed by atoms with E-state index in [-0.39, 0.29) is 17.9 Å². The fraction of sp³-hybridized carbons (Fsp3) is 0.406. The van der Waals surface area contributed by atoms with E-state index < -0.39 is 0 Å². The van der Waals surface area contributed by atoms with Gasteiger partial charge in [0.25, 0.3) is 5.91 Å². The molecule has 0 spiro atoms. The van der Waals surface area contributed by atoms with E-state index in [1.165, 1.54) is 33.5 Å². The summed E-state index contributed by atoms with van der Waals surface area (Å²) in [5.41, 5.74) is 12.1. The Kier molecular flexibility index (Phi) is 9.49. The zero-order chi connectivity index (χ0) is 28.8. The third-order valence-electron chi connectivity index (χ3n) is 7.94.